The van der Waals surface area contributed by atoms with Crippen LogP contribution in [-0.2, 0) is 6.54 Å². The fraction of sp³-hybridized carbons (Fsp3) is 0.600. The number of non-ortho nitro benzene ring substituents is 1. The molecule has 5 nitrogen and oxygen atoms in total. The molecule has 2 rings (SSSR count). The van der Waals surface area contributed by atoms with Crippen molar-refractivity contribution >= 4 is 5.69 Å². The van der Waals surface area contributed by atoms with Gasteiger partial charge in [-0.05, 0) is 57.4 Å². The molecule has 0 bridgehead atoms. The highest BCUT2D eigenvalue weighted by atomic mass is 16.6. The van der Waals surface area contributed by atoms with Gasteiger partial charge in [0.1, 0.15) is 0 Å². The maximum atomic E-state index is 10.8. The van der Waals surface area contributed by atoms with Crippen LogP contribution in [0.2, 0.25) is 0 Å². The summed E-state index contributed by atoms with van der Waals surface area (Å²) in [5, 5.41) is 14.0. The van der Waals surface area contributed by atoms with Gasteiger partial charge in [0, 0.05) is 18.7 Å². The van der Waals surface area contributed by atoms with E-state index in [0.29, 0.717) is 0 Å². The second-order valence-corrected chi connectivity index (χ2v) is 5.54. The molecule has 0 atom stereocenters. The molecule has 1 aromatic carbocycles. The molecular formula is C15H23N3O2. The summed E-state index contributed by atoms with van der Waals surface area (Å²) >= 11 is 0. The fourth-order valence-corrected chi connectivity index (χ4v) is 2.81. The highest BCUT2D eigenvalue weighted by Gasteiger charge is 2.19. The zero-order chi connectivity index (χ0) is 14.4. The lowest BCUT2D eigenvalue weighted by Crippen LogP contribution is -2.34. The Bertz CT molecular complexity index is 442. The standard InChI is InChI=1S/C15H23N3O2/c1-16-8-5-13-6-9-17(10-7-13)12-14-3-2-4-15(11-14)18(19)20/h2-4,11,13,16H,5-10,12H2,1H3. The minimum atomic E-state index is -0.326. The Morgan fingerprint density at radius 3 is 2.80 bits per heavy atom. The summed E-state index contributed by atoms with van der Waals surface area (Å²) in [6.07, 6.45) is 3.72. The molecule has 0 saturated carbocycles. The van der Waals surface area contributed by atoms with Gasteiger partial charge in [-0.1, -0.05) is 12.1 Å². The number of nitrogens with one attached hydrogen (secondary N) is 1. The number of likely N-dealkylation sites (tertiary alicyclic amines) is 1. The van der Waals surface area contributed by atoms with Crippen molar-refractivity contribution in [2.45, 2.75) is 25.8 Å². The highest BCUT2D eigenvalue weighted by Crippen LogP contribution is 2.22. The average molecular weight is 277 g/mol. The van der Waals surface area contributed by atoms with Crippen molar-refractivity contribution in [1.82, 2.24) is 10.2 Å². The van der Waals surface area contributed by atoms with E-state index in [1.807, 2.05) is 13.1 Å². The van der Waals surface area contributed by atoms with E-state index in [0.717, 1.165) is 37.7 Å². The molecule has 5 heteroatoms. The van der Waals surface area contributed by atoms with Gasteiger partial charge in [-0.25, -0.2) is 0 Å². The van der Waals surface area contributed by atoms with E-state index in [9.17, 15) is 10.1 Å². The van der Waals surface area contributed by atoms with Crippen LogP contribution in [0.15, 0.2) is 24.3 Å². The Morgan fingerprint density at radius 2 is 2.15 bits per heavy atom. The van der Waals surface area contributed by atoms with Crippen molar-refractivity contribution in [3.05, 3.63) is 39.9 Å². The van der Waals surface area contributed by atoms with E-state index in [1.54, 1.807) is 18.2 Å². The topological polar surface area (TPSA) is 58.4 Å². The van der Waals surface area contributed by atoms with Gasteiger partial charge in [-0.15, -0.1) is 0 Å². The van der Waals surface area contributed by atoms with E-state index < -0.39 is 0 Å². The predicted octanol–water partition coefficient (Wildman–Crippen LogP) is 2.42. The summed E-state index contributed by atoms with van der Waals surface area (Å²) in [6, 6.07) is 6.98. The minimum Gasteiger partial charge on any atom is -0.320 e. The second-order valence-electron chi connectivity index (χ2n) is 5.54. The first-order chi connectivity index (χ1) is 9.69. The predicted molar refractivity (Wildman–Crippen MR) is 79.6 cm³/mol. The molecule has 20 heavy (non-hydrogen) atoms. The van der Waals surface area contributed by atoms with Gasteiger partial charge in [0.2, 0.25) is 0 Å². The number of nitro benzene ring substituents is 1. The van der Waals surface area contributed by atoms with E-state index in [2.05, 4.69) is 10.2 Å². The summed E-state index contributed by atoms with van der Waals surface area (Å²) in [7, 11) is 2.00. The van der Waals surface area contributed by atoms with Crippen molar-refractivity contribution in [1.29, 1.82) is 0 Å². The summed E-state index contributed by atoms with van der Waals surface area (Å²) in [4.78, 5) is 12.8. The number of nitro groups is 1. The van der Waals surface area contributed by atoms with Crippen molar-refractivity contribution in [3.63, 3.8) is 0 Å². The Labute approximate surface area is 120 Å². The van der Waals surface area contributed by atoms with Crippen LogP contribution in [0, 0.1) is 16.0 Å². The molecule has 0 aromatic heterocycles. The maximum Gasteiger partial charge on any atom is 0.269 e. The van der Waals surface area contributed by atoms with E-state index >= 15 is 0 Å². The summed E-state index contributed by atoms with van der Waals surface area (Å²) in [5.74, 6) is 0.823. The number of nitrogens with zero attached hydrogens (tertiary/aromatic N) is 2. The van der Waals surface area contributed by atoms with E-state index in [1.165, 1.54) is 19.3 Å². The molecule has 0 spiro atoms. The first-order valence-electron chi connectivity index (χ1n) is 7.29. The molecule has 1 fully saturated rings. The quantitative estimate of drug-likeness (QED) is 0.641. The molecule has 0 radical (unpaired) electrons. The maximum absolute atomic E-state index is 10.8. The Balaban J connectivity index is 1.83. The summed E-state index contributed by atoms with van der Waals surface area (Å²) in [5.41, 5.74) is 1.22. The Hall–Kier alpha value is -1.46. The van der Waals surface area contributed by atoms with Crippen LogP contribution in [0.4, 0.5) is 5.69 Å². The number of piperidine rings is 1. The second kappa shape index (κ2) is 7.36. The average Bonchev–Trinajstić information content (AvgIpc) is 2.47. The van der Waals surface area contributed by atoms with Gasteiger partial charge in [0.15, 0.2) is 0 Å². The van der Waals surface area contributed by atoms with Crippen molar-refractivity contribution in [3.8, 4) is 0 Å². The SMILES string of the molecule is CNCCC1CCN(Cc2cccc([N+](=O)[O-])c2)CC1. The number of hydrogen-bond donors (Lipinski definition) is 1. The lowest BCUT2D eigenvalue weighted by Gasteiger charge is -2.32. The van der Waals surface area contributed by atoms with Crippen LogP contribution >= 0.6 is 0 Å². The molecule has 1 saturated heterocycles. The summed E-state index contributed by atoms with van der Waals surface area (Å²) < 4.78 is 0. The van der Waals surface area contributed by atoms with Gasteiger partial charge >= 0.3 is 0 Å². The first-order valence-corrected chi connectivity index (χ1v) is 7.29. The third-order valence-electron chi connectivity index (χ3n) is 4.04. The molecule has 1 aromatic rings. The largest absolute Gasteiger partial charge is 0.320 e. The molecule has 0 amide bonds. The molecule has 0 unspecified atom stereocenters. The van der Waals surface area contributed by atoms with E-state index in [4.69, 9.17) is 0 Å². The molecule has 1 aliphatic heterocycles. The fourth-order valence-electron chi connectivity index (χ4n) is 2.81. The van der Waals surface area contributed by atoms with Crippen molar-refractivity contribution in [2.75, 3.05) is 26.7 Å². The van der Waals surface area contributed by atoms with Crippen LogP contribution in [0.1, 0.15) is 24.8 Å². The van der Waals surface area contributed by atoms with Crippen LogP contribution in [0.3, 0.4) is 0 Å². The van der Waals surface area contributed by atoms with E-state index in [-0.39, 0.29) is 10.6 Å². The molecule has 1 heterocycles. The summed E-state index contributed by atoms with van der Waals surface area (Å²) in [6.45, 7) is 4.10. The lowest BCUT2D eigenvalue weighted by atomic mass is 9.93. The monoisotopic (exact) mass is 277 g/mol. The molecular weight excluding hydrogens is 254 g/mol. The van der Waals surface area contributed by atoms with Crippen LogP contribution in [-0.4, -0.2) is 36.5 Å². The van der Waals surface area contributed by atoms with Crippen LogP contribution in [0.5, 0.6) is 0 Å². The first kappa shape index (κ1) is 14.9. The minimum absolute atomic E-state index is 0.186. The molecule has 110 valence electrons. The zero-order valence-corrected chi connectivity index (χ0v) is 12.0. The van der Waals surface area contributed by atoms with Crippen LogP contribution in [0.25, 0.3) is 0 Å². The molecule has 1 N–H and O–H groups in total. The number of benzene rings is 1. The zero-order valence-electron chi connectivity index (χ0n) is 12.0. The third-order valence-corrected chi connectivity index (χ3v) is 4.04. The molecule has 0 aliphatic carbocycles. The van der Waals surface area contributed by atoms with Gasteiger partial charge in [-0.2, -0.15) is 0 Å². The van der Waals surface area contributed by atoms with Crippen molar-refractivity contribution in [2.24, 2.45) is 5.92 Å². The smallest absolute Gasteiger partial charge is 0.269 e. The highest BCUT2D eigenvalue weighted by molar-refractivity contribution is 5.34. The van der Waals surface area contributed by atoms with Gasteiger partial charge in [0.25, 0.3) is 5.69 Å². The van der Waals surface area contributed by atoms with Gasteiger partial charge in [0.05, 0.1) is 4.92 Å². The number of hydrogen-bond acceptors (Lipinski definition) is 4. The Kier molecular flexibility index (Phi) is 5.49. The normalized spacial score (nSPS) is 17.2. The molecule has 1 aliphatic rings. The lowest BCUT2D eigenvalue weighted by molar-refractivity contribution is -0.384. The number of rotatable bonds is 6. The van der Waals surface area contributed by atoms with Crippen molar-refractivity contribution < 1.29 is 4.92 Å². The third kappa shape index (κ3) is 4.28. The van der Waals surface area contributed by atoms with Gasteiger partial charge < -0.3 is 5.32 Å². The van der Waals surface area contributed by atoms with Crippen LogP contribution < -0.4 is 5.32 Å². The van der Waals surface area contributed by atoms with Gasteiger partial charge in [-0.3, -0.25) is 15.0 Å². The Morgan fingerprint density at radius 1 is 1.40 bits per heavy atom.